The molecule has 0 saturated carbocycles. The zero-order valence-corrected chi connectivity index (χ0v) is 21.0. The lowest BCUT2D eigenvalue weighted by molar-refractivity contribution is -0.130. The highest BCUT2D eigenvalue weighted by Crippen LogP contribution is 2.37. The first-order valence-corrected chi connectivity index (χ1v) is 12.2. The molecule has 4 aromatic rings. The summed E-state index contributed by atoms with van der Waals surface area (Å²) in [5.74, 6) is -0.955. The Bertz CT molecular complexity index is 1390. The van der Waals surface area contributed by atoms with Crippen LogP contribution in [0.15, 0.2) is 77.4 Å². The summed E-state index contributed by atoms with van der Waals surface area (Å²) < 4.78 is 36.2. The first-order valence-electron chi connectivity index (χ1n) is 11.4. The maximum atomic E-state index is 13.8. The molecule has 1 aliphatic rings. The number of aromatic nitrogens is 2. The first-order chi connectivity index (χ1) is 17.3. The van der Waals surface area contributed by atoms with Crippen molar-refractivity contribution in [3.63, 3.8) is 0 Å². The van der Waals surface area contributed by atoms with Gasteiger partial charge in [0, 0.05) is 34.0 Å². The Hall–Kier alpha value is -3.56. The molecule has 36 heavy (non-hydrogen) atoms. The van der Waals surface area contributed by atoms with Crippen LogP contribution in [0.2, 0.25) is 0 Å². The van der Waals surface area contributed by atoms with Gasteiger partial charge in [-0.3, -0.25) is 4.79 Å². The molecule has 1 aliphatic heterocycles. The zero-order valence-electron chi connectivity index (χ0n) is 19.4. The van der Waals surface area contributed by atoms with Crippen LogP contribution in [0.4, 0.5) is 14.5 Å². The number of nitrogen functional groups attached to an aromatic ring is 1. The van der Waals surface area contributed by atoms with Gasteiger partial charge in [-0.2, -0.15) is 5.10 Å². The molecule has 0 bridgehead atoms. The molecule has 2 atom stereocenters. The van der Waals surface area contributed by atoms with Crippen molar-refractivity contribution in [2.24, 2.45) is 0 Å². The molecular weight excluding hydrogens is 530 g/mol. The zero-order chi connectivity index (χ0) is 25.4. The van der Waals surface area contributed by atoms with Crippen LogP contribution in [0, 0.1) is 11.6 Å². The van der Waals surface area contributed by atoms with Gasteiger partial charge < -0.3 is 15.4 Å². The van der Waals surface area contributed by atoms with Gasteiger partial charge in [-0.05, 0) is 85.6 Å². The number of ether oxygens (including phenoxy) is 1. The number of benzene rings is 3. The number of hydrogen-bond donors (Lipinski definition) is 1. The molecule has 2 heterocycles. The van der Waals surface area contributed by atoms with E-state index in [1.54, 1.807) is 34.7 Å². The van der Waals surface area contributed by atoms with Crippen LogP contribution in [0.3, 0.4) is 0 Å². The van der Waals surface area contributed by atoms with E-state index in [9.17, 15) is 13.6 Å². The van der Waals surface area contributed by atoms with Gasteiger partial charge in [0.2, 0.25) is 0 Å². The predicted molar refractivity (Wildman–Crippen MR) is 136 cm³/mol. The average molecular weight is 553 g/mol. The van der Waals surface area contributed by atoms with Gasteiger partial charge in [-0.15, -0.1) is 0 Å². The SMILES string of the molecule is CC1OC(c2cn(-c3ccc(Br)cc3)nc2-c2ccc(F)cc2)N(CCc2cc(N)cc(F)c2)C1=O. The van der Waals surface area contributed by atoms with E-state index in [0.29, 0.717) is 41.0 Å². The van der Waals surface area contributed by atoms with Gasteiger partial charge in [0.15, 0.2) is 6.23 Å². The van der Waals surface area contributed by atoms with Crippen molar-refractivity contribution in [3.05, 3.63) is 100 Å². The lowest BCUT2D eigenvalue weighted by atomic mass is 10.1. The van der Waals surface area contributed by atoms with E-state index in [4.69, 9.17) is 15.6 Å². The number of nitrogens with zero attached hydrogens (tertiary/aromatic N) is 3. The first kappa shape index (κ1) is 24.1. The highest BCUT2D eigenvalue weighted by Gasteiger charge is 2.40. The molecule has 6 nitrogen and oxygen atoms in total. The summed E-state index contributed by atoms with van der Waals surface area (Å²) in [4.78, 5) is 14.7. The molecule has 3 aromatic carbocycles. The molecule has 5 rings (SSSR count). The molecule has 1 aromatic heterocycles. The average Bonchev–Trinajstić information content (AvgIpc) is 3.39. The predicted octanol–water partition coefficient (Wildman–Crippen LogP) is 5.65. The highest BCUT2D eigenvalue weighted by molar-refractivity contribution is 9.10. The van der Waals surface area contributed by atoms with E-state index in [1.807, 2.05) is 30.5 Å². The Morgan fingerprint density at radius 3 is 2.44 bits per heavy atom. The Morgan fingerprint density at radius 1 is 1.03 bits per heavy atom. The van der Waals surface area contributed by atoms with Gasteiger partial charge in [-0.25, -0.2) is 13.5 Å². The summed E-state index contributed by atoms with van der Waals surface area (Å²) in [7, 11) is 0. The molecule has 1 saturated heterocycles. The van der Waals surface area contributed by atoms with Crippen molar-refractivity contribution in [1.29, 1.82) is 0 Å². The Morgan fingerprint density at radius 2 is 1.75 bits per heavy atom. The fourth-order valence-corrected chi connectivity index (χ4v) is 4.60. The lowest BCUT2D eigenvalue weighted by Gasteiger charge is -2.23. The van der Waals surface area contributed by atoms with Crippen LogP contribution < -0.4 is 5.73 Å². The van der Waals surface area contributed by atoms with Crippen LogP contribution in [-0.2, 0) is 16.0 Å². The molecule has 2 unspecified atom stereocenters. The van der Waals surface area contributed by atoms with Crippen LogP contribution in [0.1, 0.15) is 24.3 Å². The lowest BCUT2D eigenvalue weighted by Crippen LogP contribution is -2.32. The number of hydrogen-bond acceptors (Lipinski definition) is 4. The van der Waals surface area contributed by atoms with E-state index in [1.165, 1.54) is 24.3 Å². The standard InChI is InChI=1S/C27H23BrF2N4O2/c1-16-26(35)33(11-10-17-12-21(30)14-22(31)13-17)27(36-16)24-15-34(23-8-4-19(28)5-9-23)32-25(24)18-2-6-20(29)7-3-18/h2-9,12-16,27H,10-11,31H2,1H3. The van der Waals surface area contributed by atoms with Gasteiger partial charge in [0.1, 0.15) is 23.4 Å². The van der Waals surface area contributed by atoms with Gasteiger partial charge in [0.05, 0.1) is 5.69 Å². The van der Waals surface area contributed by atoms with Crippen molar-refractivity contribution in [2.45, 2.75) is 25.7 Å². The Labute approximate surface area is 215 Å². The van der Waals surface area contributed by atoms with Crippen molar-refractivity contribution in [1.82, 2.24) is 14.7 Å². The van der Waals surface area contributed by atoms with Crippen molar-refractivity contribution >= 4 is 27.5 Å². The largest absolute Gasteiger partial charge is 0.399 e. The summed E-state index contributed by atoms with van der Waals surface area (Å²) in [5.41, 5.74) is 9.54. The molecular formula is C27H23BrF2N4O2. The molecule has 0 spiro atoms. The summed E-state index contributed by atoms with van der Waals surface area (Å²) in [6.45, 7) is 2.00. The third-order valence-corrected chi connectivity index (χ3v) is 6.61. The van der Waals surface area contributed by atoms with Crippen LogP contribution in [0.5, 0.6) is 0 Å². The van der Waals surface area contributed by atoms with Gasteiger partial charge in [-0.1, -0.05) is 15.9 Å². The number of carbonyl (C=O) groups excluding carboxylic acids is 1. The van der Waals surface area contributed by atoms with Crippen molar-refractivity contribution in [3.8, 4) is 16.9 Å². The second kappa shape index (κ2) is 9.83. The van der Waals surface area contributed by atoms with Crippen molar-refractivity contribution < 1.29 is 18.3 Å². The monoisotopic (exact) mass is 552 g/mol. The number of rotatable bonds is 6. The minimum Gasteiger partial charge on any atom is -0.399 e. The minimum atomic E-state index is -0.720. The normalized spacial score (nSPS) is 17.7. The maximum absolute atomic E-state index is 13.8. The molecule has 1 amide bonds. The summed E-state index contributed by atoms with van der Waals surface area (Å²) in [6.07, 6.45) is 0.838. The quantitative estimate of drug-likeness (QED) is 0.313. The number of halogens is 3. The fourth-order valence-electron chi connectivity index (χ4n) is 4.34. The number of nitrogens with two attached hydrogens (primary N) is 1. The molecule has 2 N–H and O–H groups in total. The fraction of sp³-hybridized carbons (Fsp3) is 0.185. The highest BCUT2D eigenvalue weighted by atomic mass is 79.9. The second-order valence-electron chi connectivity index (χ2n) is 8.67. The van der Waals surface area contributed by atoms with E-state index in [2.05, 4.69) is 15.9 Å². The van der Waals surface area contributed by atoms with E-state index in [-0.39, 0.29) is 11.7 Å². The molecule has 9 heteroatoms. The van der Waals surface area contributed by atoms with Gasteiger partial charge >= 0.3 is 0 Å². The number of carbonyl (C=O) groups is 1. The number of anilines is 1. The summed E-state index contributed by atoms with van der Waals surface area (Å²) in [6, 6.07) is 18.0. The van der Waals surface area contributed by atoms with E-state index in [0.717, 1.165) is 10.2 Å². The maximum Gasteiger partial charge on any atom is 0.253 e. The third-order valence-electron chi connectivity index (χ3n) is 6.09. The molecule has 1 fully saturated rings. The Kier molecular flexibility index (Phi) is 6.59. The molecule has 0 aliphatic carbocycles. The smallest absolute Gasteiger partial charge is 0.253 e. The van der Waals surface area contributed by atoms with Crippen LogP contribution >= 0.6 is 15.9 Å². The summed E-state index contributed by atoms with van der Waals surface area (Å²) in [5, 5.41) is 4.78. The van der Waals surface area contributed by atoms with E-state index < -0.39 is 18.1 Å². The van der Waals surface area contributed by atoms with Gasteiger partial charge in [0.25, 0.3) is 5.91 Å². The number of amides is 1. The van der Waals surface area contributed by atoms with E-state index >= 15 is 0 Å². The minimum absolute atomic E-state index is 0.175. The molecule has 0 radical (unpaired) electrons. The Balaban J connectivity index is 1.53. The third kappa shape index (κ3) is 4.89. The second-order valence-corrected chi connectivity index (χ2v) is 9.58. The summed E-state index contributed by atoms with van der Waals surface area (Å²) >= 11 is 3.44. The van der Waals surface area contributed by atoms with Crippen LogP contribution in [0.25, 0.3) is 16.9 Å². The van der Waals surface area contributed by atoms with Crippen molar-refractivity contribution in [2.75, 3.05) is 12.3 Å². The topological polar surface area (TPSA) is 73.4 Å². The van der Waals surface area contributed by atoms with Crippen LogP contribution in [-0.4, -0.2) is 33.2 Å². The molecule has 184 valence electrons.